The Hall–Kier alpha value is -3.34. The molecule has 1 fully saturated rings. The molecule has 7 nitrogen and oxygen atoms in total. The molecular weight excluding hydrogens is 370 g/mol. The number of nitriles is 1. The zero-order chi connectivity index (χ0) is 20.2. The van der Waals surface area contributed by atoms with Crippen molar-refractivity contribution in [2.75, 3.05) is 13.2 Å². The second-order valence-corrected chi connectivity index (χ2v) is 6.89. The van der Waals surface area contributed by atoms with E-state index < -0.39 is 18.2 Å². The Bertz CT molecular complexity index is 1040. The smallest absolute Gasteiger partial charge is 0.254 e. The Morgan fingerprint density at radius 3 is 2.79 bits per heavy atom. The van der Waals surface area contributed by atoms with Crippen molar-refractivity contribution in [1.82, 2.24) is 10.3 Å². The van der Waals surface area contributed by atoms with Crippen LogP contribution in [0.4, 0.5) is 0 Å². The number of benzene rings is 2. The van der Waals surface area contributed by atoms with Crippen molar-refractivity contribution >= 4 is 16.8 Å². The van der Waals surface area contributed by atoms with Crippen LogP contribution in [0.15, 0.2) is 54.7 Å². The van der Waals surface area contributed by atoms with Gasteiger partial charge in [-0.25, -0.2) is 0 Å². The number of aromatic amines is 1. The highest BCUT2D eigenvalue weighted by Gasteiger charge is 2.35. The standard InChI is InChI=1S/C22H21N3O4/c23-10-3-11-28-15-8-6-14(7-9-15)20(26)19-13-29-21(22(27)25-19)17-12-24-18-5-2-1-4-16(17)18/h1-2,4-9,12,19-21,24,26H,3,11,13H2,(H,25,27)/t19-,20+,21+/m0/s1. The third-order valence-electron chi connectivity index (χ3n) is 5.00. The Kier molecular flexibility index (Phi) is 5.47. The summed E-state index contributed by atoms with van der Waals surface area (Å²) in [5, 5.41) is 23.0. The number of aliphatic hydroxyl groups excluding tert-OH is 1. The Morgan fingerprint density at radius 1 is 1.24 bits per heavy atom. The number of aromatic nitrogens is 1. The average molecular weight is 391 g/mol. The summed E-state index contributed by atoms with van der Waals surface area (Å²) >= 11 is 0. The average Bonchev–Trinajstić information content (AvgIpc) is 3.18. The summed E-state index contributed by atoms with van der Waals surface area (Å²) in [6, 6.07) is 16.1. The second kappa shape index (κ2) is 8.35. The lowest BCUT2D eigenvalue weighted by molar-refractivity contribution is -0.144. The van der Waals surface area contributed by atoms with Gasteiger partial charge in [-0.1, -0.05) is 30.3 Å². The quantitative estimate of drug-likeness (QED) is 0.560. The summed E-state index contributed by atoms with van der Waals surface area (Å²) in [4.78, 5) is 15.8. The van der Waals surface area contributed by atoms with E-state index in [1.807, 2.05) is 30.3 Å². The number of carbonyl (C=O) groups excluding carboxylic acids is 1. The SMILES string of the molecule is N#CCCOc1ccc([C@@H](O)[C@@H]2CO[C@H](c3c[nH]c4ccccc34)C(=O)N2)cc1. The maximum absolute atomic E-state index is 12.7. The maximum atomic E-state index is 12.7. The molecule has 3 aromatic rings. The van der Waals surface area contributed by atoms with E-state index in [9.17, 15) is 9.90 Å². The van der Waals surface area contributed by atoms with Crippen molar-refractivity contribution in [3.05, 3.63) is 65.9 Å². The number of rotatable bonds is 6. The van der Waals surface area contributed by atoms with Gasteiger partial charge in [0.1, 0.15) is 18.5 Å². The topological polar surface area (TPSA) is 107 Å². The normalized spacial score (nSPS) is 20.1. The highest BCUT2D eigenvalue weighted by molar-refractivity contribution is 5.91. The van der Waals surface area contributed by atoms with Crippen molar-refractivity contribution in [2.24, 2.45) is 0 Å². The lowest BCUT2D eigenvalue weighted by Gasteiger charge is -2.32. The van der Waals surface area contributed by atoms with Crippen LogP contribution in [-0.2, 0) is 9.53 Å². The lowest BCUT2D eigenvalue weighted by Crippen LogP contribution is -2.50. The molecule has 1 aliphatic rings. The molecule has 0 saturated carbocycles. The number of ether oxygens (including phenoxy) is 2. The number of nitrogens with one attached hydrogen (secondary N) is 2. The predicted molar refractivity (Wildman–Crippen MR) is 106 cm³/mol. The van der Waals surface area contributed by atoms with Crippen molar-refractivity contribution in [1.29, 1.82) is 5.26 Å². The van der Waals surface area contributed by atoms with Crippen LogP contribution in [0, 0.1) is 11.3 Å². The van der Waals surface area contributed by atoms with Gasteiger partial charge in [0.05, 0.1) is 25.1 Å². The highest BCUT2D eigenvalue weighted by Crippen LogP contribution is 2.31. The van der Waals surface area contributed by atoms with Crippen molar-refractivity contribution in [3.63, 3.8) is 0 Å². The van der Waals surface area contributed by atoms with Gasteiger partial charge in [-0.3, -0.25) is 4.79 Å². The molecule has 29 heavy (non-hydrogen) atoms. The van der Waals surface area contributed by atoms with Crippen LogP contribution in [0.5, 0.6) is 5.75 Å². The first-order valence-corrected chi connectivity index (χ1v) is 9.43. The van der Waals surface area contributed by atoms with E-state index in [-0.39, 0.29) is 12.5 Å². The minimum Gasteiger partial charge on any atom is -0.493 e. The first-order valence-electron chi connectivity index (χ1n) is 9.43. The number of nitrogens with zero attached hydrogens (tertiary/aromatic N) is 1. The fraction of sp³-hybridized carbons (Fsp3) is 0.273. The molecule has 4 rings (SSSR count). The molecule has 3 N–H and O–H groups in total. The van der Waals surface area contributed by atoms with Gasteiger partial charge in [0.15, 0.2) is 6.10 Å². The van der Waals surface area contributed by atoms with E-state index in [0.717, 1.165) is 16.5 Å². The summed E-state index contributed by atoms with van der Waals surface area (Å²) in [5.74, 6) is 0.348. The summed E-state index contributed by atoms with van der Waals surface area (Å²) < 4.78 is 11.3. The van der Waals surface area contributed by atoms with Crippen LogP contribution in [0.25, 0.3) is 10.9 Å². The molecule has 0 bridgehead atoms. The van der Waals surface area contributed by atoms with E-state index in [1.165, 1.54) is 0 Å². The largest absolute Gasteiger partial charge is 0.493 e. The fourth-order valence-electron chi connectivity index (χ4n) is 3.50. The van der Waals surface area contributed by atoms with Gasteiger partial charge in [0.2, 0.25) is 0 Å². The molecule has 0 aliphatic carbocycles. The first kappa shape index (κ1) is 19.0. The monoisotopic (exact) mass is 391 g/mol. The van der Waals surface area contributed by atoms with E-state index in [1.54, 1.807) is 30.5 Å². The van der Waals surface area contributed by atoms with E-state index in [2.05, 4.69) is 10.3 Å². The van der Waals surface area contributed by atoms with Gasteiger partial charge < -0.3 is 24.9 Å². The van der Waals surface area contributed by atoms with Crippen molar-refractivity contribution < 1.29 is 19.4 Å². The van der Waals surface area contributed by atoms with Crippen LogP contribution >= 0.6 is 0 Å². The number of H-pyrrole nitrogens is 1. The number of fused-ring (bicyclic) bond motifs is 1. The molecule has 0 unspecified atom stereocenters. The minimum absolute atomic E-state index is 0.192. The number of para-hydroxylation sites is 1. The summed E-state index contributed by atoms with van der Waals surface area (Å²) in [7, 11) is 0. The molecule has 1 aromatic heterocycles. The van der Waals surface area contributed by atoms with Gasteiger partial charge in [-0.05, 0) is 23.8 Å². The molecule has 0 radical (unpaired) electrons. The number of hydrogen-bond donors (Lipinski definition) is 3. The molecule has 1 saturated heterocycles. The van der Waals surface area contributed by atoms with Crippen LogP contribution in [0.3, 0.4) is 0 Å². The predicted octanol–water partition coefficient (Wildman–Crippen LogP) is 2.75. The minimum atomic E-state index is -0.906. The van der Waals surface area contributed by atoms with Crippen LogP contribution < -0.4 is 10.1 Å². The number of amides is 1. The molecular formula is C22H21N3O4. The van der Waals surface area contributed by atoms with Crippen LogP contribution in [-0.4, -0.2) is 35.3 Å². The number of hydrogen-bond acceptors (Lipinski definition) is 5. The van der Waals surface area contributed by atoms with Gasteiger partial charge >= 0.3 is 0 Å². The molecule has 2 heterocycles. The number of morpholine rings is 1. The van der Waals surface area contributed by atoms with E-state index in [4.69, 9.17) is 14.7 Å². The van der Waals surface area contributed by atoms with E-state index >= 15 is 0 Å². The van der Waals surface area contributed by atoms with Gasteiger partial charge in [0, 0.05) is 22.7 Å². The lowest BCUT2D eigenvalue weighted by atomic mass is 9.99. The van der Waals surface area contributed by atoms with Crippen LogP contribution in [0.2, 0.25) is 0 Å². The highest BCUT2D eigenvalue weighted by atomic mass is 16.5. The number of aliphatic hydroxyl groups is 1. The third kappa shape index (κ3) is 3.94. The van der Waals surface area contributed by atoms with Crippen molar-refractivity contribution in [2.45, 2.75) is 24.7 Å². The van der Waals surface area contributed by atoms with Crippen molar-refractivity contribution in [3.8, 4) is 11.8 Å². The van der Waals surface area contributed by atoms with E-state index in [0.29, 0.717) is 24.3 Å². The third-order valence-corrected chi connectivity index (χ3v) is 5.00. The number of carbonyl (C=O) groups is 1. The first-order chi connectivity index (χ1) is 14.2. The van der Waals surface area contributed by atoms with Gasteiger partial charge in [-0.15, -0.1) is 0 Å². The zero-order valence-corrected chi connectivity index (χ0v) is 15.7. The molecule has 1 aliphatic heterocycles. The summed E-state index contributed by atoms with van der Waals surface area (Å²) in [6.45, 7) is 0.512. The molecule has 1 amide bonds. The Morgan fingerprint density at radius 2 is 2.03 bits per heavy atom. The summed E-state index contributed by atoms with van der Waals surface area (Å²) in [6.07, 6.45) is 0.478. The molecule has 0 spiro atoms. The molecule has 2 aromatic carbocycles. The maximum Gasteiger partial charge on any atom is 0.254 e. The van der Waals surface area contributed by atoms with Gasteiger partial charge in [-0.2, -0.15) is 5.26 Å². The fourth-order valence-corrected chi connectivity index (χ4v) is 3.50. The molecule has 3 atom stereocenters. The summed E-state index contributed by atoms with van der Waals surface area (Å²) in [5.41, 5.74) is 2.38. The van der Waals surface area contributed by atoms with Gasteiger partial charge in [0.25, 0.3) is 5.91 Å². The zero-order valence-electron chi connectivity index (χ0n) is 15.7. The van der Waals surface area contributed by atoms with Crippen LogP contribution in [0.1, 0.15) is 29.8 Å². The Balaban J connectivity index is 1.41. The molecule has 7 heteroatoms. The molecule has 148 valence electrons. The Labute approximate surface area is 167 Å². The second-order valence-electron chi connectivity index (χ2n) is 6.89.